The summed E-state index contributed by atoms with van der Waals surface area (Å²) in [6.07, 6.45) is 3.42. The highest BCUT2D eigenvalue weighted by Crippen LogP contribution is 2.31. The third kappa shape index (κ3) is 5.12. The van der Waals surface area contributed by atoms with Crippen molar-refractivity contribution < 1.29 is 9.47 Å². The average Bonchev–Trinajstić information content (AvgIpc) is 2.88. The molecule has 0 spiro atoms. The van der Waals surface area contributed by atoms with Crippen molar-refractivity contribution in [3.8, 4) is 28.6 Å². The van der Waals surface area contributed by atoms with Crippen molar-refractivity contribution in [1.82, 2.24) is 19.5 Å². The Morgan fingerprint density at radius 2 is 1.80 bits per heavy atom. The molecule has 7 nitrogen and oxygen atoms in total. The molecule has 0 unspecified atom stereocenters. The molecule has 0 bridgehead atoms. The Morgan fingerprint density at radius 3 is 2.54 bits per heavy atom. The maximum atomic E-state index is 13.4. The summed E-state index contributed by atoms with van der Waals surface area (Å²) in [4.78, 5) is 26.9. The zero-order valence-electron chi connectivity index (χ0n) is 20.4. The van der Waals surface area contributed by atoms with E-state index in [9.17, 15) is 4.79 Å². The number of rotatable bonds is 7. The summed E-state index contributed by atoms with van der Waals surface area (Å²) in [5.74, 6) is 2.23. The topological polar surface area (TPSA) is 79.1 Å². The molecular weight excluding hydrogens is 508 g/mol. The Hall–Kier alpha value is -3.52. The molecule has 0 aliphatic rings. The quantitative estimate of drug-likeness (QED) is 0.299. The number of ether oxygens (including phenoxy) is 2. The minimum Gasteiger partial charge on any atom is -0.497 e. The zero-order valence-corrected chi connectivity index (χ0v) is 22.0. The van der Waals surface area contributed by atoms with Crippen LogP contribution in [0.3, 0.4) is 0 Å². The van der Waals surface area contributed by atoms with Crippen molar-refractivity contribution in [3.05, 3.63) is 92.3 Å². The van der Waals surface area contributed by atoms with Gasteiger partial charge in [0.1, 0.15) is 28.4 Å². The van der Waals surface area contributed by atoms with Crippen LogP contribution < -0.4 is 15.0 Å². The van der Waals surface area contributed by atoms with Gasteiger partial charge in [0.25, 0.3) is 5.56 Å². The lowest BCUT2D eigenvalue weighted by molar-refractivity contribution is 0.299. The molecule has 1 aromatic carbocycles. The monoisotopic (exact) mass is 534 g/mol. The molecule has 3 heterocycles. The number of halogens is 1. The normalized spacial score (nSPS) is 11.1. The van der Waals surface area contributed by atoms with Crippen LogP contribution in [0, 0.1) is 13.8 Å². The minimum atomic E-state index is -0.212. The Kier molecular flexibility index (Phi) is 7.31. The Balaban J connectivity index is 1.71. The second kappa shape index (κ2) is 10.4. The van der Waals surface area contributed by atoms with Gasteiger partial charge >= 0.3 is 0 Å². The molecule has 0 radical (unpaired) electrons. The van der Waals surface area contributed by atoms with Gasteiger partial charge in [-0.25, -0.2) is 9.97 Å². The summed E-state index contributed by atoms with van der Waals surface area (Å²) in [5, 5.41) is 0. The molecule has 180 valence electrons. The highest BCUT2D eigenvalue weighted by Gasteiger charge is 2.19. The highest BCUT2D eigenvalue weighted by molar-refractivity contribution is 9.10. The third-order valence-electron chi connectivity index (χ3n) is 5.78. The van der Waals surface area contributed by atoms with Crippen LogP contribution in [0.4, 0.5) is 0 Å². The van der Waals surface area contributed by atoms with E-state index in [2.05, 4.69) is 30.9 Å². The van der Waals surface area contributed by atoms with Crippen molar-refractivity contribution in [2.24, 2.45) is 0 Å². The number of pyridine rings is 2. The van der Waals surface area contributed by atoms with Gasteiger partial charge < -0.3 is 9.47 Å². The number of hydrogen-bond donors (Lipinski definition) is 0. The molecule has 0 N–H and O–H groups in total. The van der Waals surface area contributed by atoms with E-state index >= 15 is 0 Å². The molecule has 35 heavy (non-hydrogen) atoms. The Morgan fingerprint density at radius 1 is 1.03 bits per heavy atom. The predicted octanol–water partition coefficient (Wildman–Crippen LogP) is 5.78. The molecule has 4 rings (SSSR count). The van der Waals surface area contributed by atoms with Crippen molar-refractivity contribution in [1.29, 1.82) is 0 Å². The van der Waals surface area contributed by atoms with E-state index in [1.165, 1.54) is 0 Å². The van der Waals surface area contributed by atoms with Crippen LogP contribution >= 0.6 is 15.9 Å². The minimum absolute atomic E-state index is 0.200. The van der Waals surface area contributed by atoms with Crippen LogP contribution in [0.1, 0.15) is 42.4 Å². The summed E-state index contributed by atoms with van der Waals surface area (Å²) in [6.45, 7) is 8.25. The lowest BCUT2D eigenvalue weighted by atomic mass is 10.1. The smallest absolute Gasteiger partial charge is 0.273 e. The van der Waals surface area contributed by atoms with Gasteiger partial charge in [-0.3, -0.25) is 14.3 Å². The number of aromatic nitrogens is 4. The first-order valence-electron chi connectivity index (χ1n) is 11.3. The lowest BCUT2D eigenvalue weighted by Gasteiger charge is -2.18. The summed E-state index contributed by atoms with van der Waals surface area (Å²) >= 11 is 3.48. The van der Waals surface area contributed by atoms with Gasteiger partial charge in [0.15, 0.2) is 0 Å². The second-order valence-electron chi connectivity index (χ2n) is 8.49. The number of benzene rings is 1. The zero-order chi connectivity index (χ0) is 25.1. The molecule has 0 saturated carbocycles. The summed E-state index contributed by atoms with van der Waals surface area (Å²) < 4.78 is 13.4. The maximum absolute atomic E-state index is 13.4. The van der Waals surface area contributed by atoms with Gasteiger partial charge in [0.05, 0.1) is 24.2 Å². The molecule has 0 saturated heterocycles. The van der Waals surface area contributed by atoms with E-state index in [1.54, 1.807) is 24.1 Å². The van der Waals surface area contributed by atoms with Gasteiger partial charge in [0.2, 0.25) is 0 Å². The Bertz CT molecular complexity index is 1430. The fraction of sp³-hybridized carbons (Fsp3) is 0.259. The fourth-order valence-electron chi connectivity index (χ4n) is 3.74. The molecule has 8 heteroatoms. The van der Waals surface area contributed by atoms with Gasteiger partial charge in [-0.05, 0) is 65.7 Å². The number of methoxy groups -OCH3 is 1. The SMILES string of the molecule is COc1cccc(COc2c(C)c(C)n(-c3ccnc(-c4ccnc(C(C)C)n4)c3)c(=O)c2Br)c1. The van der Waals surface area contributed by atoms with E-state index in [0.29, 0.717) is 33.9 Å². The van der Waals surface area contributed by atoms with E-state index in [1.807, 2.05) is 70.2 Å². The van der Waals surface area contributed by atoms with Crippen LogP contribution in [-0.4, -0.2) is 26.6 Å². The van der Waals surface area contributed by atoms with Gasteiger partial charge in [-0.1, -0.05) is 26.0 Å². The van der Waals surface area contributed by atoms with Gasteiger partial charge in [-0.2, -0.15) is 0 Å². The molecule has 0 atom stereocenters. The summed E-state index contributed by atoms with van der Waals surface area (Å²) in [6, 6.07) is 13.2. The van der Waals surface area contributed by atoms with Crippen molar-refractivity contribution in [2.75, 3.05) is 7.11 Å². The third-order valence-corrected chi connectivity index (χ3v) is 6.48. The van der Waals surface area contributed by atoms with Gasteiger partial charge in [0, 0.05) is 29.6 Å². The fourth-order valence-corrected chi connectivity index (χ4v) is 4.33. The van der Waals surface area contributed by atoms with Crippen molar-refractivity contribution >= 4 is 15.9 Å². The molecule has 0 amide bonds. The average molecular weight is 535 g/mol. The maximum Gasteiger partial charge on any atom is 0.273 e. The predicted molar refractivity (Wildman–Crippen MR) is 139 cm³/mol. The second-order valence-corrected chi connectivity index (χ2v) is 9.28. The molecule has 0 aliphatic heterocycles. The summed E-state index contributed by atoms with van der Waals surface area (Å²) in [5.41, 5.74) is 4.46. The van der Waals surface area contributed by atoms with E-state index in [0.717, 1.165) is 28.4 Å². The first kappa shape index (κ1) is 24.6. The first-order valence-corrected chi connectivity index (χ1v) is 12.1. The molecule has 0 fully saturated rings. The van der Waals surface area contributed by atoms with E-state index in [-0.39, 0.29) is 11.5 Å². The molecule has 3 aromatic heterocycles. The Labute approximate surface area is 213 Å². The largest absolute Gasteiger partial charge is 0.497 e. The first-order chi connectivity index (χ1) is 16.8. The number of nitrogens with zero attached hydrogens (tertiary/aromatic N) is 4. The molecule has 4 aromatic rings. The van der Waals surface area contributed by atoms with Crippen LogP contribution in [0.5, 0.6) is 11.5 Å². The van der Waals surface area contributed by atoms with Gasteiger partial charge in [-0.15, -0.1) is 0 Å². The lowest BCUT2D eigenvalue weighted by Crippen LogP contribution is -2.23. The summed E-state index contributed by atoms with van der Waals surface area (Å²) in [7, 11) is 1.63. The van der Waals surface area contributed by atoms with Crippen LogP contribution in [0.25, 0.3) is 17.1 Å². The van der Waals surface area contributed by atoms with E-state index < -0.39 is 0 Å². The number of hydrogen-bond acceptors (Lipinski definition) is 6. The van der Waals surface area contributed by atoms with Crippen molar-refractivity contribution in [2.45, 2.75) is 40.2 Å². The highest BCUT2D eigenvalue weighted by atomic mass is 79.9. The van der Waals surface area contributed by atoms with Crippen LogP contribution in [-0.2, 0) is 6.61 Å². The molecular formula is C27H27BrN4O3. The van der Waals surface area contributed by atoms with Crippen LogP contribution in [0.2, 0.25) is 0 Å². The standard InChI is InChI=1S/C27H27BrN4O3/c1-16(2)26-30-12-10-22(31-26)23-14-20(9-11-29-23)32-18(4)17(3)25(24(28)27(32)33)35-15-19-7-6-8-21(13-19)34-5/h6-14,16H,15H2,1-5H3. The van der Waals surface area contributed by atoms with E-state index in [4.69, 9.17) is 9.47 Å². The van der Waals surface area contributed by atoms with Crippen LogP contribution in [0.15, 0.2) is 64.1 Å². The van der Waals surface area contributed by atoms with Crippen molar-refractivity contribution in [3.63, 3.8) is 0 Å². The molecule has 0 aliphatic carbocycles.